The maximum atomic E-state index is 12.3. The number of ketones is 1. The zero-order valence-corrected chi connectivity index (χ0v) is 11.3. The molecule has 0 bridgehead atoms. The zero-order chi connectivity index (χ0) is 13.1. The molecule has 3 nitrogen and oxygen atoms in total. The molecule has 0 spiro atoms. The van der Waals surface area contributed by atoms with Crippen LogP contribution < -0.4 is 10.1 Å². The van der Waals surface area contributed by atoms with E-state index in [-0.39, 0.29) is 11.8 Å². The van der Waals surface area contributed by atoms with Crippen LogP contribution in [0.2, 0.25) is 0 Å². The van der Waals surface area contributed by atoms with Crippen molar-refractivity contribution in [3.05, 3.63) is 29.3 Å². The number of benzene rings is 1. The van der Waals surface area contributed by atoms with Crippen LogP contribution in [0.1, 0.15) is 42.6 Å². The second kappa shape index (κ2) is 5.53. The van der Waals surface area contributed by atoms with Crippen LogP contribution in [0.25, 0.3) is 0 Å². The van der Waals surface area contributed by atoms with Gasteiger partial charge in [0.2, 0.25) is 0 Å². The lowest BCUT2D eigenvalue weighted by molar-refractivity contribution is 0.0950. The van der Waals surface area contributed by atoms with Crippen LogP contribution in [0.5, 0.6) is 5.75 Å². The van der Waals surface area contributed by atoms with Gasteiger partial charge in [-0.15, -0.1) is 0 Å². The predicted octanol–water partition coefficient (Wildman–Crippen LogP) is 2.58. The zero-order valence-electron chi connectivity index (χ0n) is 11.3. The molecule has 0 heterocycles. The van der Waals surface area contributed by atoms with Crippen LogP contribution in [0.3, 0.4) is 0 Å². The third kappa shape index (κ3) is 2.91. The van der Waals surface area contributed by atoms with Crippen molar-refractivity contribution in [1.29, 1.82) is 0 Å². The van der Waals surface area contributed by atoms with Crippen molar-refractivity contribution in [2.24, 2.45) is 0 Å². The number of carbonyl (C=O) groups is 1. The van der Waals surface area contributed by atoms with E-state index in [0.717, 1.165) is 23.3 Å². The van der Waals surface area contributed by atoms with Gasteiger partial charge < -0.3 is 10.1 Å². The molecule has 0 aromatic heterocycles. The molecule has 1 aromatic rings. The Morgan fingerprint density at radius 3 is 2.78 bits per heavy atom. The monoisotopic (exact) mass is 247 g/mol. The molecular weight excluding hydrogens is 226 g/mol. The largest absolute Gasteiger partial charge is 0.496 e. The number of rotatable bonds is 6. The summed E-state index contributed by atoms with van der Waals surface area (Å²) in [6.45, 7) is 4.01. The maximum absolute atomic E-state index is 12.3. The van der Waals surface area contributed by atoms with E-state index in [4.69, 9.17) is 4.74 Å². The minimum absolute atomic E-state index is 0.101. The fraction of sp³-hybridized carbons (Fsp3) is 0.533. The Balaban J connectivity index is 2.13. The van der Waals surface area contributed by atoms with Crippen molar-refractivity contribution in [3.63, 3.8) is 0 Å². The molecular formula is C15H21NO2. The van der Waals surface area contributed by atoms with Crippen molar-refractivity contribution < 1.29 is 9.53 Å². The van der Waals surface area contributed by atoms with Gasteiger partial charge in [-0.05, 0) is 49.9 Å². The number of nitrogens with one attached hydrogen (secondary N) is 1. The summed E-state index contributed by atoms with van der Waals surface area (Å²) in [4.78, 5) is 12.3. The normalized spacial score (nSPS) is 16.4. The van der Waals surface area contributed by atoms with E-state index in [0.29, 0.717) is 6.04 Å². The van der Waals surface area contributed by atoms with Gasteiger partial charge in [-0.3, -0.25) is 4.79 Å². The summed E-state index contributed by atoms with van der Waals surface area (Å²) in [6.07, 6.45) is 3.26. The first kappa shape index (κ1) is 13.1. The molecule has 0 aliphatic heterocycles. The van der Waals surface area contributed by atoms with E-state index in [2.05, 4.69) is 12.2 Å². The summed E-state index contributed by atoms with van der Waals surface area (Å²) < 4.78 is 5.28. The fourth-order valence-electron chi connectivity index (χ4n) is 2.14. The lowest BCUT2D eigenvalue weighted by Crippen LogP contribution is -2.35. The molecule has 1 aromatic carbocycles. The molecule has 1 atom stereocenters. The minimum atomic E-state index is -0.101. The molecule has 1 fully saturated rings. The molecule has 0 saturated heterocycles. The van der Waals surface area contributed by atoms with E-state index in [1.165, 1.54) is 12.8 Å². The molecule has 2 rings (SSSR count). The summed E-state index contributed by atoms with van der Waals surface area (Å²) in [7, 11) is 1.66. The molecule has 3 heteroatoms. The number of hydrogen-bond donors (Lipinski definition) is 1. The van der Waals surface area contributed by atoms with Gasteiger partial charge in [0.25, 0.3) is 0 Å². The maximum Gasteiger partial charge on any atom is 0.179 e. The van der Waals surface area contributed by atoms with Gasteiger partial charge >= 0.3 is 0 Å². The lowest BCUT2D eigenvalue weighted by Gasteiger charge is -2.14. The second-order valence-corrected chi connectivity index (χ2v) is 4.91. The number of methoxy groups -OCH3 is 1. The molecule has 98 valence electrons. The summed E-state index contributed by atoms with van der Waals surface area (Å²) in [5.41, 5.74) is 1.86. The first-order chi connectivity index (χ1) is 8.65. The minimum Gasteiger partial charge on any atom is -0.496 e. The Morgan fingerprint density at radius 1 is 1.50 bits per heavy atom. The van der Waals surface area contributed by atoms with E-state index in [1.54, 1.807) is 7.11 Å². The molecule has 1 aliphatic rings. The Bertz CT molecular complexity index is 438. The molecule has 1 saturated carbocycles. The number of ether oxygens (including phenoxy) is 1. The Morgan fingerprint density at radius 2 is 2.22 bits per heavy atom. The Labute approximate surface area is 109 Å². The van der Waals surface area contributed by atoms with Crippen LogP contribution in [-0.2, 0) is 6.42 Å². The number of Topliss-reactive ketones (excluding diaryl/α,β-unsaturated/α-hetero) is 1. The summed E-state index contributed by atoms with van der Waals surface area (Å²) in [5.74, 6) is 1.02. The summed E-state index contributed by atoms with van der Waals surface area (Å²) in [6, 6.07) is 6.14. The van der Waals surface area contributed by atoms with Crippen molar-refractivity contribution in [3.8, 4) is 5.75 Å². The van der Waals surface area contributed by atoms with Gasteiger partial charge in [0.05, 0.1) is 13.2 Å². The van der Waals surface area contributed by atoms with E-state index in [9.17, 15) is 4.79 Å². The quantitative estimate of drug-likeness (QED) is 0.785. The van der Waals surface area contributed by atoms with Crippen molar-refractivity contribution >= 4 is 5.78 Å². The molecule has 1 aliphatic carbocycles. The number of hydrogen-bond acceptors (Lipinski definition) is 3. The van der Waals surface area contributed by atoms with Gasteiger partial charge in [-0.2, -0.15) is 0 Å². The average Bonchev–Trinajstić information content (AvgIpc) is 3.20. The van der Waals surface area contributed by atoms with Crippen LogP contribution >= 0.6 is 0 Å². The lowest BCUT2D eigenvalue weighted by atomic mass is 10.0. The summed E-state index contributed by atoms with van der Waals surface area (Å²) >= 11 is 0. The van der Waals surface area contributed by atoms with Gasteiger partial charge in [-0.1, -0.05) is 6.92 Å². The highest BCUT2D eigenvalue weighted by molar-refractivity contribution is 6.00. The first-order valence-electron chi connectivity index (χ1n) is 6.63. The van der Waals surface area contributed by atoms with Crippen molar-refractivity contribution in [2.75, 3.05) is 7.11 Å². The van der Waals surface area contributed by atoms with Crippen LogP contribution in [0.4, 0.5) is 0 Å². The molecule has 0 radical (unpaired) electrons. The van der Waals surface area contributed by atoms with E-state index in [1.807, 2.05) is 25.1 Å². The highest BCUT2D eigenvalue weighted by Crippen LogP contribution is 2.23. The third-order valence-corrected chi connectivity index (χ3v) is 3.40. The third-order valence-electron chi connectivity index (χ3n) is 3.40. The van der Waals surface area contributed by atoms with E-state index < -0.39 is 0 Å². The Kier molecular flexibility index (Phi) is 4.02. The number of carbonyl (C=O) groups excluding carboxylic acids is 1. The van der Waals surface area contributed by atoms with E-state index >= 15 is 0 Å². The van der Waals surface area contributed by atoms with Crippen molar-refractivity contribution in [2.45, 2.75) is 45.2 Å². The van der Waals surface area contributed by atoms with Gasteiger partial charge in [0, 0.05) is 11.6 Å². The molecule has 0 amide bonds. The van der Waals surface area contributed by atoms with Gasteiger partial charge in [-0.25, -0.2) is 0 Å². The van der Waals surface area contributed by atoms with Crippen LogP contribution in [-0.4, -0.2) is 25.0 Å². The topological polar surface area (TPSA) is 38.3 Å². The predicted molar refractivity (Wildman–Crippen MR) is 72.3 cm³/mol. The standard InChI is InChI=1S/C15H21NO2/c1-4-11-9-12(5-8-14(11)18-3)15(17)10(2)16-13-6-7-13/h5,8-10,13,16H,4,6-7H2,1-3H3. The van der Waals surface area contributed by atoms with Crippen LogP contribution in [0, 0.1) is 0 Å². The molecule has 18 heavy (non-hydrogen) atoms. The number of aryl methyl sites for hydroxylation is 1. The SMILES string of the molecule is CCc1cc(C(=O)C(C)NC2CC2)ccc1OC. The van der Waals surface area contributed by atoms with Crippen LogP contribution in [0.15, 0.2) is 18.2 Å². The second-order valence-electron chi connectivity index (χ2n) is 4.91. The molecule has 1 unspecified atom stereocenters. The van der Waals surface area contributed by atoms with Gasteiger partial charge in [0.1, 0.15) is 5.75 Å². The first-order valence-corrected chi connectivity index (χ1v) is 6.63. The Hall–Kier alpha value is -1.35. The average molecular weight is 247 g/mol. The highest BCUT2D eigenvalue weighted by atomic mass is 16.5. The fourth-order valence-corrected chi connectivity index (χ4v) is 2.14. The molecule has 1 N–H and O–H groups in total. The summed E-state index contributed by atoms with van der Waals surface area (Å²) in [5, 5.41) is 3.34. The highest BCUT2D eigenvalue weighted by Gasteiger charge is 2.26. The van der Waals surface area contributed by atoms with Crippen molar-refractivity contribution in [1.82, 2.24) is 5.32 Å². The smallest absolute Gasteiger partial charge is 0.179 e. The van der Waals surface area contributed by atoms with Gasteiger partial charge in [0.15, 0.2) is 5.78 Å².